The molecule has 1 aliphatic rings. The second-order valence-electron chi connectivity index (χ2n) is 4.99. The smallest absolute Gasteiger partial charge is 0.338 e. The van der Waals surface area contributed by atoms with Gasteiger partial charge in [0.2, 0.25) is 0 Å². The first-order valence-corrected chi connectivity index (χ1v) is 7.31. The highest BCUT2D eigenvalue weighted by Crippen LogP contribution is 2.33. The number of urea groups is 1. The zero-order valence-electron chi connectivity index (χ0n) is 11.9. The Bertz CT molecular complexity index is 575. The van der Waals surface area contributed by atoms with E-state index in [1.165, 1.54) is 11.3 Å². The number of carbonyl (C=O) groups excluding carboxylic acids is 2. The average molecular weight is 294 g/mol. The Morgan fingerprint density at radius 1 is 1.40 bits per heavy atom. The van der Waals surface area contributed by atoms with Crippen molar-refractivity contribution in [3.8, 4) is 0 Å². The number of ether oxygens (including phenoxy) is 1. The van der Waals surface area contributed by atoms with Crippen LogP contribution in [0.4, 0.5) is 4.79 Å². The van der Waals surface area contributed by atoms with Crippen LogP contribution in [-0.2, 0) is 9.53 Å². The lowest BCUT2D eigenvalue weighted by atomic mass is 9.99. The molecule has 5 nitrogen and oxygen atoms in total. The van der Waals surface area contributed by atoms with Crippen molar-refractivity contribution in [3.05, 3.63) is 33.2 Å². The van der Waals surface area contributed by atoms with Crippen LogP contribution in [0.2, 0.25) is 0 Å². The van der Waals surface area contributed by atoms with Crippen molar-refractivity contribution >= 4 is 23.3 Å². The number of esters is 1. The number of rotatable bonds is 3. The largest absolute Gasteiger partial charge is 0.459 e. The number of carbonyl (C=O) groups is 2. The SMILES string of the molecule is CC1=C(C(=O)OC(C)C)[C@@H](c2sccc2C)NC(=O)N1. The van der Waals surface area contributed by atoms with Crippen LogP contribution in [0.15, 0.2) is 22.7 Å². The van der Waals surface area contributed by atoms with E-state index in [1.54, 1.807) is 20.8 Å². The summed E-state index contributed by atoms with van der Waals surface area (Å²) in [5.41, 5.74) is 2.05. The van der Waals surface area contributed by atoms with Gasteiger partial charge in [-0.1, -0.05) is 0 Å². The number of thiophene rings is 1. The molecule has 20 heavy (non-hydrogen) atoms. The highest BCUT2D eigenvalue weighted by atomic mass is 32.1. The molecular formula is C14H18N2O3S. The van der Waals surface area contributed by atoms with Gasteiger partial charge in [0.1, 0.15) is 0 Å². The third-order valence-electron chi connectivity index (χ3n) is 3.00. The van der Waals surface area contributed by atoms with Crippen molar-refractivity contribution < 1.29 is 14.3 Å². The van der Waals surface area contributed by atoms with E-state index in [9.17, 15) is 9.59 Å². The topological polar surface area (TPSA) is 67.4 Å². The molecule has 6 heteroatoms. The summed E-state index contributed by atoms with van der Waals surface area (Å²) in [4.78, 5) is 24.9. The molecule has 2 amide bonds. The fourth-order valence-electron chi connectivity index (χ4n) is 2.12. The molecule has 0 saturated carbocycles. The number of nitrogens with one attached hydrogen (secondary N) is 2. The quantitative estimate of drug-likeness (QED) is 0.842. The van der Waals surface area contributed by atoms with Gasteiger partial charge >= 0.3 is 12.0 Å². The maximum absolute atomic E-state index is 12.3. The van der Waals surface area contributed by atoms with Crippen LogP contribution in [-0.4, -0.2) is 18.1 Å². The number of hydrogen-bond acceptors (Lipinski definition) is 4. The number of amides is 2. The van der Waals surface area contributed by atoms with E-state index < -0.39 is 12.0 Å². The second kappa shape index (κ2) is 5.66. The number of allylic oxidation sites excluding steroid dienone is 1. The summed E-state index contributed by atoms with van der Waals surface area (Å²) in [5.74, 6) is -0.400. The maximum atomic E-state index is 12.3. The van der Waals surface area contributed by atoms with Gasteiger partial charge in [0, 0.05) is 10.6 Å². The summed E-state index contributed by atoms with van der Waals surface area (Å²) in [7, 11) is 0. The standard InChI is InChI=1S/C14H18N2O3S/c1-7(2)19-13(17)10-9(4)15-14(18)16-11(10)12-8(3)5-6-20-12/h5-7,11H,1-4H3,(H2,15,16,18)/t11-/m0/s1. The van der Waals surface area contributed by atoms with Gasteiger partial charge in [0.15, 0.2) is 0 Å². The molecule has 0 spiro atoms. The van der Waals surface area contributed by atoms with Gasteiger partial charge in [-0.15, -0.1) is 11.3 Å². The van der Waals surface area contributed by atoms with Crippen molar-refractivity contribution in [1.82, 2.24) is 10.6 Å². The molecule has 0 aliphatic carbocycles. The van der Waals surface area contributed by atoms with Crippen molar-refractivity contribution in [1.29, 1.82) is 0 Å². The van der Waals surface area contributed by atoms with E-state index in [4.69, 9.17) is 4.74 Å². The van der Waals surface area contributed by atoms with Crippen LogP contribution in [0, 0.1) is 6.92 Å². The van der Waals surface area contributed by atoms with E-state index in [2.05, 4.69) is 10.6 Å². The lowest BCUT2D eigenvalue weighted by Crippen LogP contribution is -2.45. The predicted molar refractivity (Wildman–Crippen MR) is 77.4 cm³/mol. The first-order valence-electron chi connectivity index (χ1n) is 6.43. The molecule has 0 unspecified atom stereocenters. The van der Waals surface area contributed by atoms with Gasteiger partial charge in [-0.3, -0.25) is 0 Å². The summed E-state index contributed by atoms with van der Waals surface area (Å²) in [6.07, 6.45) is -0.203. The third kappa shape index (κ3) is 2.85. The lowest BCUT2D eigenvalue weighted by Gasteiger charge is -2.28. The van der Waals surface area contributed by atoms with Crippen molar-refractivity contribution in [2.75, 3.05) is 0 Å². The first-order chi connectivity index (χ1) is 9.40. The van der Waals surface area contributed by atoms with Crippen LogP contribution in [0.5, 0.6) is 0 Å². The summed E-state index contributed by atoms with van der Waals surface area (Å²) in [6.45, 7) is 7.27. The summed E-state index contributed by atoms with van der Waals surface area (Å²) < 4.78 is 5.28. The van der Waals surface area contributed by atoms with Gasteiger partial charge < -0.3 is 15.4 Å². The van der Waals surface area contributed by atoms with Gasteiger partial charge in [-0.25, -0.2) is 9.59 Å². The number of hydrogen-bond donors (Lipinski definition) is 2. The maximum Gasteiger partial charge on any atom is 0.338 e. The Balaban J connectivity index is 2.42. The Morgan fingerprint density at radius 3 is 2.65 bits per heavy atom. The monoisotopic (exact) mass is 294 g/mol. The van der Waals surface area contributed by atoms with Gasteiger partial charge in [0.25, 0.3) is 0 Å². The zero-order chi connectivity index (χ0) is 14.9. The lowest BCUT2D eigenvalue weighted by molar-refractivity contribution is -0.143. The van der Waals surface area contributed by atoms with Gasteiger partial charge in [0.05, 0.1) is 17.7 Å². The zero-order valence-corrected chi connectivity index (χ0v) is 12.8. The first kappa shape index (κ1) is 14.6. The molecule has 0 bridgehead atoms. The molecular weight excluding hydrogens is 276 g/mol. The minimum absolute atomic E-state index is 0.203. The highest BCUT2D eigenvalue weighted by molar-refractivity contribution is 7.10. The van der Waals surface area contributed by atoms with E-state index in [1.807, 2.05) is 18.4 Å². The molecule has 1 aliphatic heterocycles. The molecule has 0 aromatic carbocycles. The molecule has 2 heterocycles. The molecule has 108 valence electrons. The Kier molecular flexibility index (Phi) is 4.13. The summed E-state index contributed by atoms with van der Waals surface area (Å²) >= 11 is 1.52. The molecule has 1 atom stereocenters. The summed E-state index contributed by atoms with van der Waals surface area (Å²) in [5, 5.41) is 7.37. The van der Waals surface area contributed by atoms with Crippen LogP contribution in [0.25, 0.3) is 0 Å². The van der Waals surface area contributed by atoms with E-state index >= 15 is 0 Å². The Morgan fingerprint density at radius 2 is 2.10 bits per heavy atom. The van der Waals surface area contributed by atoms with Crippen LogP contribution in [0.3, 0.4) is 0 Å². The third-order valence-corrected chi connectivity index (χ3v) is 4.08. The van der Waals surface area contributed by atoms with E-state index in [0.717, 1.165) is 10.4 Å². The second-order valence-corrected chi connectivity index (χ2v) is 5.94. The highest BCUT2D eigenvalue weighted by Gasteiger charge is 2.33. The van der Waals surface area contributed by atoms with Crippen LogP contribution >= 0.6 is 11.3 Å². The number of aryl methyl sites for hydroxylation is 1. The van der Waals surface area contributed by atoms with Crippen LogP contribution in [0.1, 0.15) is 37.3 Å². The van der Waals surface area contributed by atoms with E-state index in [0.29, 0.717) is 11.3 Å². The van der Waals surface area contributed by atoms with E-state index in [-0.39, 0.29) is 12.1 Å². The van der Waals surface area contributed by atoms with Crippen molar-refractivity contribution in [3.63, 3.8) is 0 Å². The molecule has 0 radical (unpaired) electrons. The minimum Gasteiger partial charge on any atom is -0.459 e. The molecule has 0 saturated heterocycles. The Labute approximate surface area is 122 Å². The fraction of sp³-hybridized carbons (Fsp3) is 0.429. The van der Waals surface area contributed by atoms with Crippen molar-refractivity contribution in [2.45, 2.75) is 39.8 Å². The summed E-state index contributed by atoms with van der Waals surface area (Å²) in [6, 6.07) is 1.21. The molecule has 1 aromatic rings. The molecule has 2 rings (SSSR count). The molecule has 2 N–H and O–H groups in total. The van der Waals surface area contributed by atoms with Crippen molar-refractivity contribution in [2.24, 2.45) is 0 Å². The minimum atomic E-state index is -0.449. The molecule has 1 aromatic heterocycles. The van der Waals surface area contributed by atoms with Crippen LogP contribution < -0.4 is 10.6 Å². The molecule has 0 fully saturated rings. The fourth-order valence-corrected chi connectivity index (χ4v) is 3.10. The normalized spacial score (nSPS) is 18.9. The predicted octanol–water partition coefficient (Wildman–Crippen LogP) is 2.64. The van der Waals surface area contributed by atoms with Gasteiger partial charge in [-0.2, -0.15) is 0 Å². The van der Waals surface area contributed by atoms with Gasteiger partial charge in [-0.05, 0) is 44.7 Å². The Hall–Kier alpha value is -1.82. The average Bonchev–Trinajstić information content (AvgIpc) is 2.72.